The number of furan rings is 1. The maximum absolute atomic E-state index is 6.22. The van der Waals surface area contributed by atoms with Crippen LogP contribution in [-0.2, 0) is 11.3 Å². The van der Waals surface area contributed by atoms with Crippen molar-refractivity contribution in [3.63, 3.8) is 0 Å². The van der Waals surface area contributed by atoms with Crippen molar-refractivity contribution in [3.05, 3.63) is 48.2 Å². The molecule has 5 nitrogen and oxygen atoms in total. The largest absolute Gasteiger partial charge is 0.486 e. The molecule has 4 heterocycles. The summed E-state index contributed by atoms with van der Waals surface area (Å²) in [7, 11) is 0. The third-order valence-electron chi connectivity index (χ3n) is 4.91. The molecule has 2 aliphatic rings. The zero-order valence-electron chi connectivity index (χ0n) is 14.1. The molecule has 2 atom stereocenters. The molecule has 2 aliphatic heterocycles. The minimum atomic E-state index is -0.0766. The summed E-state index contributed by atoms with van der Waals surface area (Å²) in [6.07, 6.45) is 6.83. The topological polar surface area (TPSA) is 47.7 Å². The summed E-state index contributed by atoms with van der Waals surface area (Å²) in [6, 6.07) is 7.94. The van der Waals surface area contributed by atoms with Gasteiger partial charge in [0.05, 0.1) is 24.9 Å². The van der Waals surface area contributed by atoms with E-state index in [1.54, 1.807) is 12.4 Å². The van der Waals surface area contributed by atoms with Gasteiger partial charge in [-0.15, -0.1) is 0 Å². The molecule has 128 valence electrons. The van der Waals surface area contributed by atoms with Gasteiger partial charge in [0.15, 0.2) is 0 Å². The predicted molar refractivity (Wildman–Crippen MR) is 89.9 cm³/mol. The van der Waals surface area contributed by atoms with Gasteiger partial charge in [-0.1, -0.05) is 0 Å². The zero-order valence-corrected chi connectivity index (χ0v) is 14.1. The van der Waals surface area contributed by atoms with Gasteiger partial charge < -0.3 is 13.9 Å². The van der Waals surface area contributed by atoms with Crippen molar-refractivity contribution < 1.29 is 13.9 Å². The Bertz CT molecular complexity index is 672. The molecule has 4 rings (SSSR count). The highest BCUT2D eigenvalue weighted by Crippen LogP contribution is 2.36. The summed E-state index contributed by atoms with van der Waals surface area (Å²) in [5.41, 5.74) is -0.0766. The molecule has 2 aromatic rings. The lowest BCUT2D eigenvalue weighted by Crippen LogP contribution is -2.47. The lowest BCUT2D eigenvalue weighted by Gasteiger charge is -2.39. The number of pyridine rings is 1. The Kier molecular flexibility index (Phi) is 4.29. The summed E-state index contributed by atoms with van der Waals surface area (Å²) < 4.78 is 18.0. The van der Waals surface area contributed by atoms with Crippen LogP contribution in [0.15, 0.2) is 41.1 Å². The number of rotatable bonds is 4. The number of piperidine rings is 1. The fourth-order valence-electron chi connectivity index (χ4n) is 3.89. The van der Waals surface area contributed by atoms with Crippen molar-refractivity contribution in [2.45, 2.75) is 44.4 Å². The molecule has 0 radical (unpaired) electrons. The maximum atomic E-state index is 6.22. The van der Waals surface area contributed by atoms with Gasteiger partial charge in [0.25, 0.3) is 0 Å². The molecule has 2 fully saturated rings. The number of hydrogen-bond donors (Lipinski definition) is 0. The Labute approximate surface area is 142 Å². The zero-order chi connectivity index (χ0) is 16.4. The van der Waals surface area contributed by atoms with Gasteiger partial charge in [-0.25, -0.2) is 0 Å². The molecule has 24 heavy (non-hydrogen) atoms. The molecular formula is C19H24N2O3. The molecular weight excluding hydrogens is 304 g/mol. The smallest absolute Gasteiger partial charge is 0.138 e. The van der Waals surface area contributed by atoms with Crippen LogP contribution < -0.4 is 4.74 Å². The molecule has 0 aromatic carbocycles. The average Bonchev–Trinajstić information content (AvgIpc) is 3.15. The van der Waals surface area contributed by atoms with Crippen molar-refractivity contribution in [2.24, 2.45) is 0 Å². The molecule has 2 saturated heterocycles. The monoisotopic (exact) mass is 328 g/mol. The fraction of sp³-hybridized carbons (Fsp3) is 0.526. The second kappa shape index (κ2) is 6.57. The van der Waals surface area contributed by atoms with Crippen LogP contribution in [0.1, 0.15) is 30.8 Å². The standard InChI is InChI=1S/C19H24N2O3/c1-15-5-6-17(23-15)12-21-9-3-7-19(14-21)10-18(13-22-19)24-16-4-2-8-20-11-16/h2,4-6,8,11,18H,3,7,9-10,12-14H2,1H3/t18-,19+/m0/s1. The highest BCUT2D eigenvalue weighted by Gasteiger charge is 2.44. The minimum Gasteiger partial charge on any atom is -0.486 e. The number of likely N-dealkylation sites (tertiary alicyclic amines) is 1. The van der Waals surface area contributed by atoms with Gasteiger partial charge in [0.1, 0.15) is 23.4 Å². The van der Waals surface area contributed by atoms with Crippen LogP contribution in [0.4, 0.5) is 0 Å². The number of ether oxygens (including phenoxy) is 2. The first kappa shape index (κ1) is 15.7. The lowest BCUT2D eigenvalue weighted by molar-refractivity contribution is -0.0550. The van der Waals surface area contributed by atoms with Gasteiger partial charge in [0, 0.05) is 19.2 Å². The lowest BCUT2D eigenvalue weighted by atomic mass is 9.89. The van der Waals surface area contributed by atoms with Crippen molar-refractivity contribution in [3.8, 4) is 5.75 Å². The number of aryl methyl sites for hydroxylation is 1. The van der Waals surface area contributed by atoms with E-state index in [1.165, 1.54) is 0 Å². The third-order valence-corrected chi connectivity index (χ3v) is 4.91. The van der Waals surface area contributed by atoms with Gasteiger partial charge in [0.2, 0.25) is 0 Å². The molecule has 0 aliphatic carbocycles. The van der Waals surface area contributed by atoms with Gasteiger partial charge in [-0.05, 0) is 50.6 Å². The van der Waals surface area contributed by atoms with Gasteiger partial charge >= 0.3 is 0 Å². The molecule has 2 aromatic heterocycles. The van der Waals surface area contributed by atoms with E-state index in [0.29, 0.717) is 6.61 Å². The Balaban J connectivity index is 1.36. The van der Waals surface area contributed by atoms with E-state index in [4.69, 9.17) is 13.9 Å². The van der Waals surface area contributed by atoms with Gasteiger partial charge in [-0.3, -0.25) is 9.88 Å². The summed E-state index contributed by atoms with van der Waals surface area (Å²) in [5, 5.41) is 0. The van der Waals surface area contributed by atoms with Crippen molar-refractivity contribution >= 4 is 0 Å². The SMILES string of the molecule is Cc1ccc(CN2CCC[C@@]3(C[C@H](Oc4cccnc4)CO3)C2)o1. The molecule has 0 bridgehead atoms. The van der Waals surface area contributed by atoms with E-state index in [2.05, 4.69) is 16.0 Å². The van der Waals surface area contributed by atoms with Crippen LogP contribution >= 0.6 is 0 Å². The van der Waals surface area contributed by atoms with Crippen LogP contribution in [0.25, 0.3) is 0 Å². The predicted octanol–water partition coefficient (Wildman–Crippen LogP) is 3.19. The van der Waals surface area contributed by atoms with Crippen molar-refractivity contribution in [1.29, 1.82) is 0 Å². The fourth-order valence-corrected chi connectivity index (χ4v) is 3.89. The Morgan fingerprint density at radius 2 is 2.33 bits per heavy atom. The average molecular weight is 328 g/mol. The second-order valence-corrected chi connectivity index (χ2v) is 6.95. The summed E-state index contributed by atoms with van der Waals surface area (Å²) in [5.74, 6) is 2.83. The molecule has 0 unspecified atom stereocenters. The molecule has 0 amide bonds. The normalized spacial score (nSPS) is 27.6. The van der Waals surface area contributed by atoms with E-state index >= 15 is 0 Å². The highest BCUT2D eigenvalue weighted by atomic mass is 16.6. The first-order chi connectivity index (χ1) is 11.7. The van der Waals surface area contributed by atoms with Crippen LogP contribution in [0.5, 0.6) is 5.75 Å². The van der Waals surface area contributed by atoms with Gasteiger partial charge in [-0.2, -0.15) is 0 Å². The van der Waals surface area contributed by atoms with E-state index in [1.807, 2.05) is 25.1 Å². The summed E-state index contributed by atoms with van der Waals surface area (Å²) in [4.78, 5) is 6.55. The van der Waals surface area contributed by atoms with E-state index in [9.17, 15) is 0 Å². The molecule has 5 heteroatoms. The molecule has 1 spiro atoms. The highest BCUT2D eigenvalue weighted by molar-refractivity contribution is 5.16. The third kappa shape index (κ3) is 3.47. The summed E-state index contributed by atoms with van der Waals surface area (Å²) >= 11 is 0. The quantitative estimate of drug-likeness (QED) is 0.863. The first-order valence-corrected chi connectivity index (χ1v) is 8.69. The van der Waals surface area contributed by atoms with Crippen LogP contribution in [0, 0.1) is 6.92 Å². The van der Waals surface area contributed by atoms with Crippen molar-refractivity contribution in [1.82, 2.24) is 9.88 Å². The second-order valence-electron chi connectivity index (χ2n) is 6.95. The van der Waals surface area contributed by atoms with Crippen LogP contribution in [-0.4, -0.2) is 41.3 Å². The Morgan fingerprint density at radius 3 is 3.12 bits per heavy atom. The first-order valence-electron chi connectivity index (χ1n) is 8.69. The van der Waals surface area contributed by atoms with Crippen LogP contribution in [0.2, 0.25) is 0 Å². The Morgan fingerprint density at radius 1 is 1.38 bits per heavy atom. The van der Waals surface area contributed by atoms with E-state index < -0.39 is 0 Å². The maximum Gasteiger partial charge on any atom is 0.138 e. The van der Waals surface area contributed by atoms with Crippen molar-refractivity contribution in [2.75, 3.05) is 19.7 Å². The minimum absolute atomic E-state index is 0.0766. The van der Waals surface area contributed by atoms with E-state index in [0.717, 1.165) is 56.2 Å². The Hall–Kier alpha value is -1.85. The number of nitrogens with zero attached hydrogens (tertiary/aromatic N) is 2. The summed E-state index contributed by atoms with van der Waals surface area (Å²) in [6.45, 7) is 5.54. The van der Waals surface area contributed by atoms with E-state index in [-0.39, 0.29) is 11.7 Å². The number of hydrogen-bond acceptors (Lipinski definition) is 5. The van der Waals surface area contributed by atoms with Crippen LogP contribution in [0.3, 0.4) is 0 Å². The molecule has 0 saturated carbocycles. The number of aromatic nitrogens is 1. The molecule has 0 N–H and O–H groups in total.